The number of ether oxygens (including phenoxy) is 2. The smallest absolute Gasteiger partial charge is 0.161 e. The second-order valence-electron chi connectivity index (χ2n) is 3.99. The summed E-state index contributed by atoms with van der Waals surface area (Å²) in [7, 11) is 3.18. The fourth-order valence-electron chi connectivity index (χ4n) is 1.40. The highest BCUT2D eigenvalue weighted by Gasteiger charge is 2.10. The molecule has 0 radical (unpaired) electrons. The zero-order chi connectivity index (χ0) is 12.1. The summed E-state index contributed by atoms with van der Waals surface area (Å²) in [5.41, 5.74) is 0.955. The predicted molar refractivity (Wildman–Crippen MR) is 63.1 cm³/mol. The Morgan fingerprint density at radius 2 is 1.81 bits per heavy atom. The summed E-state index contributed by atoms with van der Waals surface area (Å²) < 4.78 is 10.3. The molecule has 0 heterocycles. The van der Waals surface area contributed by atoms with Crippen molar-refractivity contribution in [1.29, 1.82) is 0 Å². The van der Waals surface area contributed by atoms with E-state index in [9.17, 15) is 4.79 Å². The summed E-state index contributed by atoms with van der Waals surface area (Å²) >= 11 is 0. The Kier molecular flexibility index (Phi) is 4.35. The summed E-state index contributed by atoms with van der Waals surface area (Å²) in [5.74, 6) is 1.64. The van der Waals surface area contributed by atoms with Crippen molar-refractivity contribution < 1.29 is 14.3 Å². The number of rotatable bonds is 5. The normalized spacial score (nSPS) is 10.3. The topological polar surface area (TPSA) is 35.5 Å². The molecular formula is C13H18O3. The van der Waals surface area contributed by atoms with Crippen LogP contribution in [0, 0.1) is 5.92 Å². The highest BCUT2D eigenvalue weighted by molar-refractivity contribution is 5.82. The molecule has 0 spiro atoms. The Hall–Kier alpha value is -1.51. The highest BCUT2D eigenvalue weighted by atomic mass is 16.5. The van der Waals surface area contributed by atoms with Crippen LogP contribution in [-0.2, 0) is 11.2 Å². The standard InChI is InChI=1S/C13H18O3/c1-9(2)11(14)7-10-5-6-12(15-3)13(8-10)16-4/h5-6,8-9H,7H2,1-4H3. The first-order chi connectivity index (χ1) is 7.58. The SMILES string of the molecule is COc1ccc(CC(=O)C(C)C)cc1OC. The molecule has 88 valence electrons. The molecule has 0 amide bonds. The second kappa shape index (κ2) is 5.54. The number of hydrogen-bond donors (Lipinski definition) is 0. The number of ketones is 1. The van der Waals surface area contributed by atoms with Gasteiger partial charge in [-0.2, -0.15) is 0 Å². The third-order valence-electron chi connectivity index (χ3n) is 2.47. The van der Waals surface area contributed by atoms with Crippen LogP contribution in [0.3, 0.4) is 0 Å². The van der Waals surface area contributed by atoms with Crippen LogP contribution in [0.5, 0.6) is 11.5 Å². The zero-order valence-corrected chi connectivity index (χ0v) is 10.2. The Labute approximate surface area is 96.4 Å². The van der Waals surface area contributed by atoms with E-state index in [4.69, 9.17) is 9.47 Å². The molecule has 3 nitrogen and oxygen atoms in total. The molecule has 1 rings (SSSR count). The Balaban J connectivity index is 2.87. The van der Waals surface area contributed by atoms with Crippen LogP contribution in [-0.4, -0.2) is 20.0 Å². The summed E-state index contributed by atoms with van der Waals surface area (Å²) in [4.78, 5) is 11.6. The van der Waals surface area contributed by atoms with Crippen molar-refractivity contribution in [2.24, 2.45) is 5.92 Å². The van der Waals surface area contributed by atoms with E-state index in [1.807, 2.05) is 32.0 Å². The summed E-state index contributed by atoms with van der Waals surface area (Å²) in [6.45, 7) is 3.81. The summed E-state index contributed by atoms with van der Waals surface area (Å²) in [6.07, 6.45) is 0.442. The van der Waals surface area contributed by atoms with Gasteiger partial charge < -0.3 is 9.47 Å². The molecule has 0 aliphatic heterocycles. The maximum atomic E-state index is 11.6. The molecule has 1 aromatic carbocycles. The van der Waals surface area contributed by atoms with Gasteiger partial charge in [-0.3, -0.25) is 4.79 Å². The molecular weight excluding hydrogens is 204 g/mol. The molecule has 0 bridgehead atoms. The lowest BCUT2D eigenvalue weighted by molar-refractivity contribution is -0.121. The largest absolute Gasteiger partial charge is 0.493 e. The first kappa shape index (κ1) is 12.6. The van der Waals surface area contributed by atoms with Crippen LogP contribution in [0.25, 0.3) is 0 Å². The second-order valence-corrected chi connectivity index (χ2v) is 3.99. The first-order valence-electron chi connectivity index (χ1n) is 5.32. The summed E-state index contributed by atoms with van der Waals surface area (Å²) in [6, 6.07) is 5.56. The quantitative estimate of drug-likeness (QED) is 0.767. The molecule has 0 aromatic heterocycles. The molecule has 0 aliphatic rings. The highest BCUT2D eigenvalue weighted by Crippen LogP contribution is 2.27. The number of hydrogen-bond acceptors (Lipinski definition) is 3. The molecule has 0 unspecified atom stereocenters. The van der Waals surface area contributed by atoms with E-state index in [0.717, 1.165) is 5.56 Å². The number of methoxy groups -OCH3 is 2. The third kappa shape index (κ3) is 2.99. The van der Waals surface area contributed by atoms with E-state index in [1.165, 1.54) is 0 Å². The lowest BCUT2D eigenvalue weighted by Crippen LogP contribution is -2.10. The van der Waals surface area contributed by atoms with E-state index in [0.29, 0.717) is 17.9 Å². The van der Waals surface area contributed by atoms with Crippen molar-refractivity contribution in [2.45, 2.75) is 20.3 Å². The van der Waals surface area contributed by atoms with Gasteiger partial charge in [-0.1, -0.05) is 19.9 Å². The minimum absolute atomic E-state index is 0.0631. The fraction of sp³-hybridized carbons (Fsp3) is 0.462. The molecule has 0 N–H and O–H groups in total. The lowest BCUT2D eigenvalue weighted by Gasteiger charge is -2.10. The van der Waals surface area contributed by atoms with E-state index >= 15 is 0 Å². The average Bonchev–Trinajstić information content (AvgIpc) is 2.28. The van der Waals surface area contributed by atoms with Gasteiger partial charge in [0.05, 0.1) is 14.2 Å². The minimum Gasteiger partial charge on any atom is -0.493 e. The van der Waals surface area contributed by atoms with Crippen molar-refractivity contribution in [3.05, 3.63) is 23.8 Å². The molecule has 0 atom stereocenters. The van der Waals surface area contributed by atoms with Crippen molar-refractivity contribution in [1.82, 2.24) is 0 Å². The van der Waals surface area contributed by atoms with Crippen LogP contribution >= 0.6 is 0 Å². The maximum Gasteiger partial charge on any atom is 0.161 e. The van der Waals surface area contributed by atoms with Gasteiger partial charge in [-0.25, -0.2) is 0 Å². The average molecular weight is 222 g/mol. The van der Waals surface area contributed by atoms with Gasteiger partial charge in [0.15, 0.2) is 11.5 Å². The number of carbonyl (C=O) groups is 1. The van der Waals surface area contributed by atoms with Gasteiger partial charge >= 0.3 is 0 Å². The van der Waals surface area contributed by atoms with Crippen LogP contribution in [0.4, 0.5) is 0 Å². The fourth-order valence-corrected chi connectivity index (χ4v) is 1.40. The van der Waals surface area contributed by atoms with Crippen LogP contribution in [0.15, 0.2) is 18.2 Å². The van der Waals surface area contributed by atoms with Crippen LogP contribution < -0.4 is 9.47 Å². The van der Waals surface area contributed by atoms with Gasteiger partial charge in [-0.15, -0.1) is 0 Å². The molecule has 0 saturated heterocycles. The Bertz CT molecular complexity index is 369. The van der Waals surface area contributed by atoms with Gasteiger partial charge in [0.25, 0.3) is 0 Å². The van der Waals surface area contributed by atoms with Gasteiger partial charge in [-0.05, 0) is 17.7 Å². The van der Waals surface area contributed by atoms with Crippen LogP contribution in [0.1, 0.15) is 19.4 Å². The van der Waals surface area contributed by atoms with Gasteiger partial charge in [0, 0.05) is 12.3 Å². The Morgan fingerprint density at radius 1 is 1.19 bits per heavy atom. The number of Topliss-reactive ketones (excluding diaryl/α,β-unsaturated/α-hetero) is 1. The van der Waals surface area contributed by atoms with E-state index in [1.54, 1.807) is 14.2 Å². The molecule has 0 aliphatic carbocycles. The minimum atomic E-state index is 0.0631. The predicted octanol–water partition coefficient (Wildman–Crippen LogP) is 2.47. The summed E-state index contributed by atoms with van der Waals surface area (Å²) in [5, 5.41) is 0. The van der Waals surface area contributed by atoms with Crippen molar-refractivity contribution >= 4 is 5.78 Å². The lowest BCUT2D eigenvalue weighted by atomic mass is 10.0. The van der Waals surface area contributed by atoms with E-state index < -0.39 is 0 Å². The van der Waals surface area contributed by atoms with Crippen molar-refractivity contribution in [3.63, 3.8) is 0 Å². The maximum absolute atomic E-state index is 11.6. The molecule has 0 saturated carbocycles. The first-order valence-corrected chi connectivity index (χ1v) is 5.32. The number of benzene rings is 1. The van der Waals surface area contributed by atoms with Crippen molar-refractivity contribution in [3.8, 4) is 11.5 Å². The van der Waals surface area contributed by atoms with Crippen LogP contribution in [0.2, 0.25) is 0 Å². The van der Waals surface area contributed by atoms with E-state index in [2.05, 4.69) is 0 Å². The van der Waals surface area contributed by atoms with Gasteiger partial charge in [0.1, 0.15) is 5.78 Å². The number of carbonyl (C=O) groups excluding carboxylic acids is 1. The molecule has 0 fully saturated rings. The van der Waals surface area contributed by atoms with Crippen molar-refractivity contribution in [2.75, 3.05) is 14.2 Å². The van der Waals surface area contributed by atoms with E-state index in [-0.39, 0.29) is 11.7 Å². The molecule has 3 heteroatoms. The Morgan fingerprint density at radius 3 is 2.31 bits per heavy atom. The third-order valence-corrected chi connectivity index (χ3v) is 2.47. The molecule has 16 heavy (non-hydrogen) atoms. The molecule has 1 aromatic rings. The van der Waals surface area contributed by atoms with Gasteiger partial charge in [0.2, 0.25) is 0 Å². The monoisotopic (exact) mass is 222 g/mol. The zero-order valence-electron chi connectivity index (χ0n) is 10.2.